The molecule has 0 saturated carbocycles. The van der Waals surface area contributed by atoms with Gasteiger partial charge in [0.25, 0.3) is 10.0 Å². The summed E-state index contributed by atoms with van der Waals surface area (Å²) in [6, 6.07) is 9.45. The molecule has 1 N–H and O–H groups in total. The van der Waals surface area contributed by atoms with Crippen molar-refractivity contribution in [3.63, 3.8) is 0 Å². The molecule has 0 bridgehead atoms. The molecule has 2 rings (SSSR count). The summed E-state index contributed by atoms with van der Waals surface area (Å²) in [4.78, 5) is 12.4. The number of sulfonamides is 1. The van der Waals surface area contributed by atoms with Gasteiger partial charge in [-0.3, -0.25) is 9.10 Å². The molecule has 176 valence electrons. The van der Waals surface area contributed by atoms with Crippen molar-refractivity contribution >= 4 is 33.4 Å². The van der Waals surface area contributed by atoms with Crippen molar-refractivity contribution in [1.29, 1.82) is 0 Å². The quantitative estimate of drug-likeness (QED) is 0.518. The van der Waals surface area contributed by atoms with Gasteiger partial charge in [-0.15, -0.1) is 0 Å². The Labute approximate surface area is 193 Å². The van der Waals surface area contributed by atoms with Crippen LogP contribution < -0.4 is 19.1 Å². The van der Waals surface area contributed by atoms with Crippen molar-refractivity contribution in [3.8, 4) is 11.5 Å². The van der Waals surface area contributed by atoms with E-state index in [2.05, 4.69) is 26.1 Å². The highest BCUT2D eigenvalue weighted by Crippen LogP contribution is 2.32. The number of halogens is 1. The van der Waals surface area contributed by atoms with Crippen LogP contribution in [0.15, 0.2) is 47.4 Å². The van der Waals surface area contributed by atoms with E-state index in [1.165, 1.54) is 50.6 Å². The molecule has 0 aromatic heterocycles. The molecule has 0 unspecified atom stereocenters. The second-order valence-electron chi connectivity index (χ2n) is 7.79. The molecule has 0 aliphatic rings. The van der Waals surface area contributed by atoms with Crippen LogP contribution >= 0.6 is 11.8 Å². The first kappa shape index (κ1) is 25.8. The molecule has 0 heterocycles. The number of nitrogens with one attached hydrogen (secondary N) is 1. The number of rotatable bonds is 10. The number of hydrogen-bond acceptors (Lipinski definition) is 6. The highest BCUT2D eigenvalue weighted by molar-refractivity contribution is 8.00. The molecule has 10 heteroatoms. The van der Waals surface area contributed by atoms with Gasteiger partial charge >= 0.3 is 0 Å². The summed E-state index contributed by atoms with van der Waals surface area (Å²) in [5.74, 6) is -0.0830. The van der Waals surface area contributed by atoms with Crippen LogP contribution in [0.3, 0.4) is 0 Å². The summed E-state index contributed by atoms with van der Waals surface area (Å²) in [6.45, 7) is 5.99. The van der Waals surface area contributed by atoms with E-state index in [4.69, 9.17) is 9.47 Å². The van der Waals surface area contributed by atoms with Gasteiger partial charge in [-0.25, -0.2) is 12.8 Å². The molecule has 32 heavy (non-hydrogen) atoms. The fourth-order valence-electron chi connectivity index (χ4n) is 2.79. The molecule has 2 aromatic rings. The topological polar surface area (TPSA) is 84.9 Å². The molecule has 2 aromatic carbocycles. The third-order valence-corrected chi connectivity index (χ3v) is 7.34. The van der Waals surface area contributed by atoms with E-state index in [0.29, 0.717) is 18.0 Å². The summed E-state index contributed by atoms with van der Waals surface area (Å²) in [5.41, 5.74) is -0.221. The minimum absolute atomic E-state index is 0.0424. The van der Waals surface area contributed by atoms with E-state index in [1.807, 2.05) is 0 Å². The minimum Gasteiger partial charge on any atom is -0.493 e. The fourth-order valence-corrected chi connectivity index (χ4v) is 5.05. The van der Waals surface area contributed by atoms with Crippen molar-refractivity contribution in [2.75, 3.05) is 37.4 Å². The average Bonchev–Trinajstić information content (AvgIpc) is 2.74. The fraction of sp³-hybridized carbons (Fsp3) is 0.409. The van der Waals surface area contributed by atoms with Crippen LogP contribution in [-0.4, -0.2) is 52.1 Å². The maximum atomic E-state index is 14.6. The first-order valence-corrected chi connectivity index (χ1v) is 12.3. The maximum absolute atomic E-state index is 14.6. The SMILES string of the molecule is COc1ccc(S(=O)(=O)N(CC(=O)NCCSC(C)(C)C)c2ccccc2F)cc1OC. The van der Waals surface area contributed by atoms with Gasteiger partial charge < -0.3 is 14.8 Å². The number of benzene rings is 2. The number of hydrogen-bond donors (Lipinski definition) is 1. The number of nitrogens with zero attached hydrogens (tertiary/aromatic N) is 1. The Balaban J connectivity index is 2.33. The molecule has 1 amide bonds. The zero-order valence-corrected chi connectivity index (χ0v) is 20.5. The van der Waals surface area contributed by atoms with Gasteiger partial charge in [0.1, 0.15) is 12.4 Å². The standard InChI is InChI=1S/C22H29FN2O5S2/c1-22(2,3)31-13-12-24-21(26)15-25(18-9-7-6-8-17(18)23)32(27,28)16-10-11-19(29-4)20(14-16)30-5/h6-11,14H,12-13,15H2,1-5H3,(H,24,26). The van der Waals surface area contributed by atoms with E-state index in [1.54, 1.807) is 11.8 Å². The Bertz CT molecular complexity index is 1040. The molecule has 0 radical (unpaired) electrons. The lowest BCUT2D eigenvalue weighted by Gasteiger charge is -2.25. The lowest BCUT2D eigenvalue weighted by molar-refractivity contribution is -0.119. The zero-order chi connectivity index (χ0) is 23.9. The molecule has 0 saturated heterocycles. The van der Waals surface area contributed by atoms with Gasteiger partial charge in [0.15, 0.2) is 11.5 Å². The average molecular weight is 485 g/mol. The molecule has 0 atom stereocenters. The van der Waals surface area contributed by atoms with E-state index < -0.39 is 28.3 Å². The Morgan fingerprint density at radius 3 is 2.34 bits per heavy atom. The third kappa shape index (κ3) is 6.77. The number of thioether (sulfide) groups is 1. The Morgan fingerprint density at radius 2 is 1.75 bits per heavy atom. The third-order valence-electron chi connectivity index (χ3n) is 4.31. The van der Waals surface area contributed by atoms with Gasteiger partial charge in [0, 0.05) is 23.1 Å². The largest absolute Gasteiger partial charge is 0.493 e. The first-order valence-electron chi connectivity index (χ1n) is 9.89. The summed E-state index contributed by atoms with van der Waals surface area (Å²) >= 11 is 1.67. The van der Waals surface area contributed by atoms with Crippen molar-refractivity contribution in [1.82, 2.24) is 5.32 Å². The lowest BCUT2D eigenvalue weighted by atomic mass is 10.3. The molecule has 0 fully saturated rings. The highest BCUT2D eigenvalue weighted by atomic mass is 32.2. The molecular formula is C22H29FN2O5S2. The van der Waals surface area contributed by atoms with Gasteiger partial charge in [-0.2, -0.15) is 11.8 Å². The van der Waals surface area contributed by atoms with Crippen LogP contribution in [0, 0.1) is 5.82 Å². The van der Waals surface area contributed by atoms with Crippen molar-refractivity contribution in [2.24, 2.45) is 0 Å². The van der Waals surface area contributed by atoms with Crippen molar-refractivity contribution in [2.45, 2.75) is 30.4 Å². The number of carbonyl (C=O) groups is 1. The van der Waals surface area contributed by atoms with Gasteiger partial charge in [-0.1, -0.05) is 32.9 Å². The predicted molar refractivity (Wildman–Crippen MR) is 126 cm³/mol. The van der Waals surface area contributed by atoms with E-state index >= 15 is 0 Å². The van der Waals surface area contributed by atoms with Crippen LogP contribution in [0.2, 0.25) is 0 Å². The van der Waals surface area contributed by atoms with Gasteiger partial charge in [0.2, 0.25) is 5.91 Å². The van der Waals surface area contributed by atoms with Gasteiger partial charge in [-0.05, 0) is 24.3 Å². The lowest BCUT2D eigenvalue weighted by Crippen LogP contribution is -2.42. The van der Waals surface area contributed by atoms with Crippen LogP contribution in [-0.2, 0) is 14.8 Å². The van der Waals surface area contributed by atoms with E-state index in [9.17, 15) is 17.6 Å². The number of ether oxygens (including phenoxy) is 2. The number of anilines is 1. The smallest absolute Gasteiger partial charge is 0.265 e. The molecule has 0 spiro atoms. The van der Waals surface area contributed by atoms with E-state index in [-0.39, 0.29) is 21.1 Å². The van der Waals surface area contributed by atoms with Crippen LogP contribution in [0.25, 0.3) is 0 Å². The zero-order valence-electron chi connectivity index (χ0n) is 18.8. The summed E-state index contributed by atoms with van der Waals surface area (Å²) in [6.07, 6.45) is 0. The normalized spacial score (nSPS) is 11.7. The first-order chi connectivity index (χ1) is 15.0. The second kappa shape index (κ2) is 10.9. The number of amides is 1. The molecular weight excluding hydrogens is 455 g/mol. The molecule has 0 aliphatic heterocycles. The van der Waals surface area contributed by atoms with E-state index in [0.717, 1.165) is 10.4 Å². The summed E-state index contributed by atoms with van der Waals surface area (Å²) < 4.78 is 52.6. The Kier molecular flexibility index (Phi) is 8.80. The molecule has 7 nitrogen and oxygen atoms in total. The number of methoxy groups -OCH3 is 2. The Hall–Kier alpha value is -2.46. The van der Waals surface area contributed by atoms with Gasteiger partial charge in [0.05, 0.1) is 24.8 Å². The van der Waals surface area contributed by atoms with Crippen LogP contribution in [0.4, 0.5) is 10.1 Å². The number of carbonyl (C=O) groups excluding carboxylic acids is 1. The maximum Gasteiger partial charge on any atom is 0.265 e. The summed E-state index contributed by atoms with van der Waals surface area (Å²) in [7, 11) is -1.48. The monoisotopic (exact) mass is 484 g/mol. The Morgan fingerprint density at radius 1 is 1.09 bits per heavy atom. The van der Waals surface area contributed by atoms with Crippen LogP contribution in [0.1, 0.15) is 20.8 Å². The minimum atomic E-state index is -4.29. The van der Waals surface area contributed by atoms with Crippen LogP contribution in [0.5, 0.6) is 11.5 Å². The summed E-state index contributed by atoms with van der Waals surface area (Å²) in [5, 5.41) is 2.71. The van der Waals surface area contributed by atoms with Crippen molar-refractivity contribution in [3.05, 3.63) is 48.3 Å². The molecule has 0 aliphatic carbocycles. The van der Waals surface area contributed by atoms with Crippen molar-refractivity contribution < 1.29 is 27.1 Å². The number of para-hydroxylation sites is 1. The second-order valence-corrected chi connectivity index (χ2v) is 11.6. The predicted octanol–water partition coefficient (Wildman–Crippen LogP) is 3.69. The highest BCUT2D eigenvalue weighted by Gasteiger charge is 2.30.